The Morgan fingerprint density at radius 3 is 2.60 bits per heavy atom. The van der Waals surface area contributed by atoms with Crippen molar-refractivity contribution in [1.82, 2.24) is 0 Å². The van der Waals surface area contributed by atoms with Gasteiger partial charge in [-0.1, -0.05) is 6.07 Å². The van der Waals surface area contributed by atoms with Crippen LogP contribution in [0.4, 0.5) is 10.1 Å². The Morgan fingerprint density at radius 2 is 1.85 bits per heavy atom. The van der Waals surface area contributed by atoms with Crippen LogP contribution in [0.5, 0.6) is 17.2 Å². The van der Waals surface area contributed by atoms with Gasteiger partial charge in [0.25, 0.3) is 0 Å². The lowest BCUT2D eigenvalue weighted by molar-refractivity contribution is 0.171. The van der Waals surface area contributed by atoms with Crippen molar-refractivity contribution in [3.05, 3.63) is 47.8 Å². The topological polar surface area (TPSA) is 53.7 Å². The Hall–Kier alpha value is -2.43. The molecule has 4 nitrogen and oxygen atoms in total. The second-order valence-electron chi connectivity index (χ2n) is 4.44. The van der Waals surface area contributed by atoms with Crippen LogP contribution in [0.1, 0.15) is 5.56 Å². The molecule has 2 N–H and O–H groups in total. The monoisotopic (exact) mass is 275 g/mol. The molecule has 2 aromatic rings. The zero-order valence-corrected chi connectivity index (χ0v) is 10.8. The molecule has 0 saturated heterocycles. The highest BCUT2D eigenvalue weighted by molar-refractivity contribution is 5.58. The molecular weight excluding hydrogens is 261 g/mol. The van der Waals surface area contributed by atoms with Gasteiger partial charge in [0, 0.05) is 23.4 Å². The summed E-state index contributed by atoms with van der Waals surface area (Å²) in [5, 5.41) is 0. The molecule has 20 heavy (non-hydrogen) atoms. The number of halogens is 1. The quantitative estimate of drug-likeness (QED) is 0.875. The fraction of sp³-hybridized carbons (Fsp3) is 0.200. The summed E-state index contributed by atoms with van der Waals surface area (Å²) in [6.07, 6.45) is 0. The van der Waals surface area contributed by atoms with Crippen LogP contribution in [0.15, 0.2) is 36.4 Å². The van der Waals surface area contributed by atoms with Crippen molar-refractivity contribution in [2.75, 3.05) is 18.9 Å². The Morgan fingerprint density at radius 1 is 1.10 bits per heavy atom. The zero-order chi connectivity index (χ0) is 13.9. The van der Waals surface area contributed by atoms with E-state index in [4.69, 9.17) is 19.9 Å². The molecule has 0 aromatic heterocycles. The number of hydrogen-bond donors (Lipinski definition) is 1. The van der Waals surface area contributed by atoms with E-state index >= 15 is 0 Å². The summed E-state index contributed by atoms with van der Waals surface area (Å²) < 4.78 is 29.5. The van der Waals surface area contributed by atoms with E-state index in [0.29, 0.717) is 36.1 Å². The van der Waals surface area contributed by atoms with E-state index < -0.39 is 0 Å². The van der Waals surface area contributed by atoms with Crippen LogP contribution in [0.2, 0.25) is 0 Å². The second kappa shape index (κ2) is 5.28. The number of fused-ring (bicyclic) bond motifs is 1. The molecule has 0 unspecified atom stereocenters. The zero-order valence-electron chi connectivity index (χ0n) is 10.8. The minimum absolute atomic E-state index is 0.242. The second-order valence-corrected chi connectivity index (χ2v) is 4.44. The summed E-state index contributed by atoms with van der Waals surface area (Å²) >= 11 is 0. The highest BCUT2D eigenvalue weighted by Gasteiger charge is 2.14. The van der Waals surface area contributed by atoms with Gasteiger partial charge in [0.2, 0.25) is 0 Å². The Labute approximate surface area is 115 Å². The lowest BCUT2D eigenvalue weighted by Gasteiger charge is -2.20. The summed E-state index contributed by atoms with van der Waals surface area (Å²) in [5.74, 6) is 1.42. The molecule has 104 valence electrons. The van der Waals surface area contributed by atoms with Crippen molar-refractivity contribution in [3.63, 3.8) is 0 Å². The third kappa shape index (κ3) is 2.61. The van der Waals surface area contributed by atoms with E-state index in [9.17, 15) is 4.39 Å². The number of hydrogen-bond acceptors (Lipinski definition) is 4. The lowest BCUT2D eigenvalue weighted by Crippen LogP contribution is -2.16. The van der Waals surface area contributed by atoms with Crippen LogP contribution in [0.25, 0.3) is 0 Å². The third-order valence-electron chi connectivity index (χ3n) is 2.99. The highest BCUT2D eigenvalue weighted by atomic mass is 19.1. The van der Waals surface area contributed by atoms with Gasteiger partial charge in [0.1, 0.15) is 31.4 Å². The Kier molecular flexibility index (Phi) is 3.33. The molecule has 3 rings (SSSR count). The standard InChI is InChI=1S/C15H14FNO3/c16-11-2-1-3-12(7-11)20-9-10-6-14-15(8-13(10)17)19-5-4-18-14/h1-3,6-8H,4-5,9,17H2. The third-order valence-corrected chi connectivity index (χ3v) is 2.99. The van der Waals surface area contributed by atoms with Crippen molar-refractivity contribution >= 4 is 5.69 Å². The van der Waals surface area contributed by atoms with Crippen LogP contribution < -0.4 is 19.9 Å². The van der Waals surface area contributed by atoms with Gasteiger partial charge >= 0.3 is 0 Å². The summed E-state index contributed by atoms with van der Waals surface area (Å²) in [7, 11) is 0. The van der Waals surface area contributed by atoms with Gasteiger partial charge < -0.3 is 19.9 Å². The molecule has 0 saturated carbocycles. The molecule has 0 fully saturated rings. The van der Waals surface area contributed by atoms with Gasteiger partial charge in [-0.15, -0.1) is 0 Å². The first-order valence-corrected chi connectivity index (χ1v) is 6.29. The summed E-state index contributed by atoms with van der Waals surface area (Å²) in [5.41, 5.74) is 7.29. The first-order valence-electron chi connectivity index (χ1n) is 6.29. The molecule has 0 amide bonds. The molecule has 0 bridgehead atoms. The van der Waals surface area contributed by atoms with Crippen molar-refractivity contribution in [3.8, 4) is 17.2 Å². The molecule has 0 radical (unpaired) electrons. The molecule has 0 atom stereocenters. The number of nitrogens with two attached hydrogens (primary N) is 1. The predicted molar refractivity (Wildman–Crippen MR) is 72.6 cm³/mol. The summed E-state index contributed by atoms with van der Waals surface area (Å²) in [6, 6.07) is 9.50. The average molecular weight is 275 g/mol. The largest absolute Gasteiger partial charge is 0.489 e. The molecule has 0 spiro atoms. The predicted octanol–water partition coefficient (Wildman–Crippen LogP) is 2.76. The molecule has 2 aromatic carbocycles. The van der Waals surface area contributed by atoms with Gasteiger partial charge in [0.15, 0.2) is 11.5 Å². The van der Waals surface area contributed by atoms with E-state index in [1.165, 1.54) is 12.1 Å². The minimum Gasteiger partial charge on any atom is -0.489 e. The summed E-state index contributed by atoms with van der Waals surface area (Å²) in [6.45, 7) is 1.28. The maximum Gasteiger partial charge on any atom is 0.163 e. The van der Waals surface area contributed by atoms with Crippen molar-refractivity contribution in [2.45, 2.75) is 6.61 Å². The van der Waals surface area contributed by atoms with Gasteiger partial charge in [-0.2, -0.15) is 0 Å². The van der Waals surface area contributed by atoms with Crippen LogP contribution in [-0.2, 0) is 6.61 Å². The average Bonchev–Trinajstić information content (AvgIpc) is 2.45. The van der Waals surface area contributed by atoms with Gasteiger partial charge in [0.05, 0.1) is 0 Å². The number of nitrogen functional groups attached to an aromatic ring is 1. The molecule has 1 heterocycles. The van der Waals surface area contributed by atoms with Crippen molar-refractivity contribution in [1.29, 1.82) is 0 Å². The van der Waals surface area contributed by atoms with Crippen molar-refractivity contribution < 1.29 is 18.6 Å². The Bertz CT molecular complexity index is 631. The van der Waals surface area contributed by atoms with Crippen LogP contribution >= 0.6 is 0 Å². The fourth-order valence-electron chi connectivity index (χ4n) is 1.99. The van der Waals surface area contributed by atoms with Gasteiger partial charge in [-0.25, -0.2) is 4.39 Å². The van der Waals surface area contributed by atoms with E-state index in [0.717, 1.165) is 5.56 Å². The first kappa shape index (κ1) is 12.6. The number of rotatable bonds is 3. The van der Waals surface area contributed by atoms with Gasteiger partial charge in [-0.3, -0.25) is 0 Å². The van der Waals surface area contributed by atoms with Crippen LogP contribution in [0, 0.1) is 5.82 Å². The molecular formula is C15H14FNO3. The van der Waals surface area contributed by atoms with E-state index in [1.54, 1.807) is 24.3 Å². The maximum absolute atomic E-state index is 13.1. The minimum atomic E-state index is -0.336. The smallest absolute Gasteiger partial charge is 0.163 e. The number of benzene rings is 2. The van der Waals surface area contributed by atoms with Crippen LogP contribution in [0.3, 0.4) is 0 Å². The fourth-order valence-corrected chi connectivity index (χ4v) is 1.99. The highest BCUT2D eigenvalue weighted by Crippen LogP contribution is 2.34. The van der Waals surface area contributed by atoms with E-state index in [1.807, 2.05) is 0 Å². The number of ether oxygens (including phenoxy) is 3. The normalized spacial score (nSPS) is 13.1. The van der Waals surface area contributed by atoms with Gasteiger partial charge in [-0.05, 0) is 18.2 Å². The van der Waals surface area contributed by atoms with E-state index in [2.05, 4.69) is 0 Å². The summed E-state index contributed by atoms with van der Waals surface area (Å²) in [4.78, 5) is 0. The van der Waals surface area contributed by atoms with Crippen molar-refractivity contribution in [2.24, 2.45) is 0 Å². The SMILES string of the molecule is Nc1cc2c(cc1COc1cccc(F)c1)OCCO2. The molecule has 1 aliphatic heterocycles. The van der Waals surface area contributed by atoms with E-state index in [-0.39, 0.29) is 12.4 Å². The van der Waals surface area contributed by atoms with Crippen LogP contribution in [-0.4, -0.2) is 13.2 Å². The molecule has 0 aliphatic carbocycles. The molecule has 1 aliphatic rings. The number of anilines is 1. The lowest BCUT2D eigenvalue weighted by atomic mass is 10.1. The Balaban J connectivity index is 1.77. The molecule has 5 heteroatoms. The first-order chi connectivity index (χ1) is 9.72. The maximum atomic E-state index is 13.1.